The van der Waals surface area contributed by atoms with E-state index in [-0.39, 0.29) is 16.5 Å². The molecule has 0 fully saturated rings. The third-order valence-electron chi connectivity index (χ3n) is 4.80. The van der Waals surface area contributed by atoms with E-state index in [4.69, 9.17) is 0 Å². The Morgan fingerprint density at radius 1 is 0.864 bits per heavy atom. The van der Waals surface area contributed by atoms with Crippen LogP contribution in [0.15, 0.2) is 54.6 Å². The van der Waals surface area contributed by atoms with Crippen molar-refractivity contribution in [1.82, 2.24) is 4.57 Å². The van der Waals surface area contributed by atoms with Crippen molar-refractivity contribution in [3.8, 4) is 0 Å². The molecule has 0 bridgehead atoms. The Morgan fingerprint density at radius 2 is 1.36 bits per heavy atom. The Bertz CT molecular complexity index is 546. The van der Waals surface area contributed by atoms with E-state index in [0.717, 1.165) is 0 Å². The lowest BCUT2D eigenvalue weighted by Gasteiger charge is -2.56. The highest BCUT2D eigenvalue weighted by molar-refractivity contribution is 6.69. The van der Waals surface area contributed by atoms with Crippen LogP contribution in [-0.2, 0) is 0 Å². The Hall–Kier alpha value is -1.12. The highest BCUT2D eigenvalue weighted by Crippen LogP contribution is 2.44. The molecule has 120 valence electrons. The van der Waals surface area contributed by atoms with Gasteiger partial charge in [0.2, 0.25) is 0 Å². The van der Waals surface area contributed by atoms with Crippen LogP contribution < -0.4 is 5.19 Å². The molecule has 0 radical (unpaired) electrons. The van der Waals surface area contributed by atoms with E-state index >= 15 is 0 Å². The molecule has 0 amide bonds. The number of rotatable bonds is 3. The van der Waals surface area contributed by atoms with E-state index < -0.39 is 8.96 Å². The van der Waals surface area contributed by atoms with Gasteiger partial charge in [0, 0.05) is 5.54 Å². The third kappa shape index (κ3) is 3.00. The number of hydrogen-bond donors (Lipinski definition) is 0. The second-order valence-corrected chi connectivity index (χ2v) is 11.0. The first kappa shape index (κ1) is 17.2. The molecule has 0 spiro atoms. The smallest absolute Gasteiger partial charge is 0.142 e. The maximum Gasteiger partial charge on any atom is 0.142 e. The molecular weight excluding hydrogens is 282 g/mol. The van der Waals surface area contributed by atoms with E-state index in [0.29, 0.717) is 0 Å². The summed E-state index contributed by atoms with van der Waals surface area (Å²) in [4.78, 5) is 0. The van der Waals surface area contributed by atoms with Crippen LogP contribution in [-0.4, -0.2) is 24.6 Å². The first-order chi connectivity index (χ1) is 10.1. The average molecular weight is 314 g/mol. The van der Waals surface area contributed by atoms with Gasteiger partial charge in [0.1, 0.15) is 8.96 Å². The molecule has 1 aliphatic carbocycles. The first-order valence-electron chi connectivity index (χ1n) is 8.31. The number of hydrogen-bond acceptors (Lipinski definition) is 1. The van der Waals surface area contributed by atoms with Crippen molar-refractivity contribution in [1.29, 1.82) is 0 Å². The predicted octanol–water partition coefficient (Wildman–Crippen LogP) is 4.26. The lowest BCUT2D eigenvalue weighted by molar-refractivity contribution is 0.0768. The monoisotopic (exact) mass is 313 g/mol. The van der Waals surface area contributed by atoms with Gasteiger partial charge in [-0.15, -0.1) is 0 Å². The molecule has 2 rings (SSSR count). The Morgan fingerprint density at radius 3 is 1.77 bits per heavy atom. The zero-order valence-corrected chi connectivity index (χ0v) is 16.4. The fourth-order valence-electron chi connectivity index (χ4n) is 3.82. The van der Waals surface area contributed by atoms with Crippen molar-refractivity contribution in [2.45, 2.75) is 59.2 Å². The largest absolute Gasteiger partial charge is 0.305 e. The number of nitrogens with zero attached hydrogens (tertiary/aromatic N) is 1. The zero-order chi connectivity index (χ0) is 16.6. The summed E-state index contributed by atoms with van der Waals surface area (Å²) in [5.74, 6) is 0. The molecule has 1 unspecified atom stereocenters. The van der Waals surface area contributed by atoms with Crippen LogP contribution >= 0.6 is 0 Å². The third-order valence-corrected chi connectivity index (χ3v) is 8.13. The molecule has 0 saturated carbocycles. The lowest BCUT2D eigenvalue weighted by Crippen LogP contribution is -2.68. The van der Waals surface area contributed by atoms with Crippen molar-refractivity contribution in [2.75, 3.05) is 0 Å². The molecule has 1 nitrogen and oxygen atoms in total. The molecule has 1 atom stereocenters. The first-order valence-corrected chi connectivity index (χ1v) is 10.6. The van der Waals surface area contributed by atoms with Gasteiger partial charge in [-0.05, 0) is 31.4 Å². The van der Waals surface area contributed by atoms with E-state index in [1.54, 1.807) is 0 Å². The summed E-state index contributed by atoms with van der Waals surface area (Å²) in [6, 6.07) is 11.1. The summed E-state index contributed by atoms with van der Waals surface area (Å²) in [7, 11) is -1.29. The topological polar surface area (TPSA) is 3.24 Å². The fourth-order valence-corrected chi connectivity index (χ4v) is 7.26. The molecule has 1 aromatic rings. The maximum atomic E-state index is 2.80. The normalized spacial score (nSPS) is 18.9. The van der Waals surface area contributed by atoms with Crippen LogP contribution in [0, 0.1) is 5.41 Å². The van der Waals surface area contributed by atoms with E-state index in [1.165, 1.54) is 5.19 Å². The number of benzene rings is 1. The summed E-state index contributed by atoms with van der Waals surface area (Å²) in [6.07, 6.45) is 9.25. The van der Waals surface area contributed by atoms with Gasteiger partial charge in [0.15, 0.2) is 0 Å². The second kappa shape index (κ2) is 5.82. The minimum atomic E-state index is -1.29. The van der Waals surface area contributed by atoms with Crippen LogP contribution in [0.2, 0.25) is 6.55 Å². The molecule has 0 aromatic heterocycles. The van der Waals surface area contributed by atoms with E-state index in [1.807, 2.05) is 0 Å². The minimum Gasteiger partial charge on any atom is -0.305 e. The van der Waals surface area contributed by atoms with Crippen molar-refractivity contribution >= 4 is 14.1 Å². The van der Waals surface area contributed by atoms with Gasteiger partial charge in [-0.3, -0.25) is 0 Å². The number of allylic oxidation sites excluding steroid dienone is 2. The molecule has 0 saturated heterocycles. The molecule has 0 heterocycles. The van der Waals surface area contributed by atoms with Crippen LogP contribution in [0.1, 0.15) is 41.5 Å². The van der Waals surface area contributed by atoms with Crippen molar-refractivity contribution in [3.05, 3.63) is 54.6 Å². The minimum absolute atomic E-state index is 0.00721. The lowest BCUT2D eigenvalue weighted by atomic mass is 9.73. The van der Waals surface area contributed by atoms with Crippen molar-refractivity contribution in [2.24, 2.45) is 5.41 Å². The Balaban J connectivity index is 2.57. The van der Waals surface area contributed by atoms with Gasteiger partial charge < -0.3 is 4.57 Å². The van der Waals surface area contributed by atoms with Crippen LogP contribution in [0.3, 0.4) is 0 Å². The SMILES string of the molecule is C[SiH](c1ccccc1)N(C(C)(C)C)C1(C(C)(C)C)C=CC=C1. The standard InChI is InChI=1S/C20H31NSi/c1-18(2,3)20(15-11-12-16-20)21(19(4,5)6)22(7)17-13-9-8-10-14-17/h8-16,22H,1-7H3. The van der Waals surface area contributed by atoms with Gasteiger partial charge in [-0.2, -0.15) is 0 Å². The molecular formula is C20H31NSi. The van der Waals surface area contributed by atoms with Gasteiger partial charge >= 0.3 is 0 Å². The highest BCUT2D eigenvalue weighted by atomic mass is 28.3. The summed E-state index contributed by atoms with van der Waals surface area (Å²) in [5.41, 5.74) is 0.264. The van der Waals surface area contributed by atoms with E-state index in [9.17, 15) is 0 Å². The molecule has 22 heavy (non-hydrogen) atoms. The molecule has 1 aromatic carbocycles. The van der Waals surface area contributed by atoms with Gasteiger partial charge in [-0.1, -0.05) is 82.0 Å². The Kier molecular flexibility index (Phi) is 4.56. The summed E-state index contributed by atoms with van der Waals surface area (Å²) < 4.78 is 2.80. The van der Waals surface area contributed by atoms with E-state index in [2.05, 4.69) is 107 Å². The van der Waals surface area contributed by atoms with Crippen LogP contribution in [0.4, 0.5) is 0 Å². The molecule has 2 heteroatoms. The zero-order valence-electron chi connectivity index (χ0n) is 15.2. The predicted molar refractivity (Wildman–Crippen MR) is 101 cm³/mol. The summed E-state index contributed by atoms with van der Waals surface area (Å²) in [5, 5.41) is 1.51. The molecule has 0 aliphatic heterocycles. The van der Waals surface area contributed by atoms with Crippen molar-refractivity contribution < 1.29 is 0 Å². The summed E-state index contributed by atoms with van der Waals surface area (Å²) >= 11 is 0. The second-order valence-electron chi connectivity index (χ2n) is 8.42. The van der Waals surface area contributed by atoms with Gasteiger partial charge in [0.25, 0.3) is 0 Å². The Labute approximate surface area is 138 Å². The van der Waals surface area contributed by atoms with Gasteiger partial charge in [0.05, 0.1) is 5.54 Å². The average Bonchev–Trinajstić information content (AvgIpc) is 2.88. The summed E-state index contributed by atoms with van der Waals surface area (Å²) in [6.45, 7) is 16.6. The molecule has 1 aliphatic rings. The molecule has 0 N–H and O–H groups in total. The fraction of sp³-hybridized carbons (Fsp3) is 0.500. The maximum absolute atomic E-state index is 2.80. The van der Waals surface area contributed by atoms with Gasteiger partial charge in [-0.25, -0.2) is 0 Å². The van der Waals surface area contributed by atoms with Crippen LogP contribution in [0.5, 0.6) is 0 Å². The van der Waals surface area contributed by atoms with Crippen LogP contribution in [0.25, 0.3) is 0 Å². The van der Waals surface area contributed by atoms with Crippen molar-refractivity contribution in [3.63, 3.8) is 0 Å². The highest BCUT2D eigenvalue weighted by Gasteiger charge is 2.49. The quantitative estimate of drug-likeness (QED) is 0.754.